The molecule has 0 radical (unpaired) electrons. The number of ketones is 1. The zero-order chi connectivity index (χ0) is 24.4. The average Bonchev–Trinajstić information content (AvgIpc) is 3.12. The Labute approximate surface area is 201 Å². The van der Waals surface area contributed by atoms with Crippen LogP contribution in [0.1, 0.15) is 57.6 Å². The van der Waals surface area contributed by atoms with Crippen molar-refractivity contribution in [3.05, 3.63) is 29.0 Å². The largest absolute Gasteiger partial charge is 0.493 e. The summed E-state index contributed by atoms with van der Waals surface area (Å²) < 4.78 is 28.5. The van der Waals surface area contributed by atoms with Crippen molar-refractivity contribution in [2.75, 3.05) is 34.5 Å². The van der Waals surface area contributed by atoms with Crippen molar-refractivity contribution in [1.82, 2.24) is 4.90 Å². The zero-order valence-electron chi connectivity index (χ0n) is 20.7. The molecule has 0 bridgehead atoms. The SMILES string of the molecule is COc1cc(C2C3=C(OC4CCCCC4C3=O)C(=O)N2CCCOC(C)C)cc(OC)c1OC. The lowest BCUT2D eigenvalue weighted by molar-refractivity contribution is -0.135. The highest BCUT2D eigenvalue weighted by molar-refractivity contribution is 6.11. The average molecular weight is 474 g/mol. The van der Waals surface area contributed by atoms with Crippen molar-refractivity contribution >= 4 is 11.7 Å². The Morgan fingerprint density at radius 3 is 2.32 bits per heavy atom. The minimum Gasteiger partial charge on any atom is -0.493 e. The standard InChI is InChI=1S/C26H35NO7/c1-15(2)33-12-8-11-27-22(16-13-19(30-3)24(32-5)20(14-16)31-4)21-23(28)17-9-6-7-10-18(17)34-25(21)26(27)29/h13-15,17-18,22H,6-12H2,1-5H3. The second-order valence-corrected chi connectivity index (χ2v) is 9.29. The molecule has 34 heavy (non-hydrogen) atoms. The Kier molecular flexibility index (Phi) is 7.36. The van der Waals surface area contributed by atoms with Crippen LogP contribution in [0.25, 0.3) is 0 Å². The van der Waals surface area contributed by atoms with Gasteiger partial charge in [-0.1, -0.05) is 6.42 Å². The predicted molar refractivity (Wildman–Crippen MR) is 125 cm³/mol. The Morgan fingerprint density at radius 1 is 1.03 bits per heavy atom. The summed E-state index contributed by atoms with van der Waals surface area (Å²) in [6.07, 6.45) is 4.15. The number of carbonyl (C=O) groups is 2. The van der Waals surface area contributed by atoms with Crippen LogP contribution < -0.4 is 14.2 Å². The van der Waals surface area contributed by atoms with E-state index in [0.29, 0.717) is 42.4 Å². The lowest BCUT2D eigenvalue weighted by atomic mass is 9.77. The summed E-state index contributed by atoms with van der Waals surface area (Å²) in [6.45, 7) is 4.92. The number of Topliss-reactive ketones (excluding diaryl/α,β-unsaturated/α-hetero) is 1. The second-order valence-electron chi connectivity index (χ2n) is 9.29. The maximum Gasteiger partial charge on any atom is 0.290 e. The summed E-state index contributed by atoms with van der Waals surface area (Å²) in [6, 6.07) is 3.05. The molecule has 2 aliphatic heterocycles. The van der Waals surface area contributed by atoms with Gasteiger partial charge in [0.25, 0.3) is 5.91 Å². The molecule has 1 fully saturated rings. The molecule has 1 saturated carbocycles. The van der Waals surface area contributed by atoms with E-state index < -0.39 is 6.04 Å². The van der Waals surface area contributed by atoms with E-state index in [4.69, 9.17) is 23.7 Å². The highest BCUT2D eigenvalue weighted by Crippen LogP contribution is 2.49. The van der Waals surface area contributed by atoms with Gasteiger partial charge >= 0.3 is 0 Å². The van der Waals surface area contributed by atoms with Gasteiger partial charge in [0.1, 0.15) is 6.10 Å². The molecule has 0 spiro atoms. The van der Waals surface area contributed by atoms with E-state index in [1.165, 1.54) is 0 Å². The normalized spacial score (nSPS) is 24.2. The Balaban J connectivity index is 1.76. The van der Waals surface area contributed by atoms with E-state index in [-0.39, 0.29) is 35.6 Å². The summed E-state index contributed by atoms with van der Waals surface area (Å²) >= 11 is 0. The van der Waals surface area contributed by atoms with Gasteiger partial charge < -0.3 is 28.6 Å². The number of rotatable bonds is 9. The highest BCUT2D eigenvalue weighted by atomic mass is 16.5. The summed E-state index contributed by atoms with van der Waals surface area (Å²) in [7, 11) is 4.64. The molecule has 0 saturated heterocycles. The fourth-order valence-corrected chi connectivity index (χ4v) is 5.28. The molecule has 1 aromatic carbocycles. The van der Waals surface area contributed by atoms with Crippen molar-refractivity contribution in [3.63, 3.8) is 0 Å². The molecule has 0 N–H and O–H groups in total. The molecular weight excluding hydrogens is 438 g/mol. The van der Waals surface area contributed by atoms with Crippen molar-refractivity contribution < 1.29 is 33.3 Å². The van der Waals surface area contributed by atoms with Crippen LogP contribution in [-0.4, -0.2) is 63.3 Å². The Hall–Kier alpha value is -2.74. The molecule has 1 amide bonds. The Bertz CT molecular complexity index is 945. The summed E-state index contributed by atoms with van der Waals surface area (Å²) in [5, 5.41) is 0. The number of amides is 1. The molecule has 186 valence electrons. The first kappa shape index (κ1) is 24.4. The molecule has 1 aliphatic carbocycles. The van der Waals surface area contributed by atoms with E-state index in [1.807, 2.05) is 26.0 Å². The highest BCUT2D eigenvalue weighted by Gasteiger charge is 2.52. The van der Waals surface area contributed by atoms with Crippen LogP contribution in [0.15, 0.2) is 23.5 Å². The van der Waals surface area contributed by atoms with Gasteiger partial charge in [0.15, 0.2) is 23.0 Å². The fraction of sp³-hybridized carbons (Fsp3) is 0.615. The topological polar surface area (TPSA) is 83.5 Å². The lowest BCUT2D eigenvalue weighted by Crippen LogP contribution is -2.39. The van der Waals surface area contributed by atoms with Gasteiger partial charge in [0.05, 0.1) is 45.0 Å². The quantitative estimate of drug-likeness (QED) is 0.504. The number of hydrogen-bond acceptors (Lipinski definition) is 7. The van der Waals surface area contributed by atoms with Gasteiger partial charge in [-0.15, -0.1) is 0 Å². The number of fused-ring (bicyclic) bond motifs is 1. The maximum absolute atomic E-state index is 13.7. The lowest BCUT2D eigenvalue weighted by Gasteiger charge is -2.35. The third kappa shape index (κ3) is 4.35. The van der Waals surface area contributed by atoms with Crippen LogP contribution in [0, 0.1) is 5.92 Å². The van der Waals surface area contributed by atoms with Crippen LogP contribution in [0.2, 0.25) is 0 Å². The van der Waals surface area contributed by atoms with Crippen LogP contribution in [-0.2, 0) is 19.1 Å². The first-order valence-electron chi connectivity index (χ1n) is 12.1. The van der Waals surface area contributed by atoms with Gasteiger partial charge in [-0.2, -0.15) is 0 Å². The van der Waals surface area contributed by atoms with E-state index in [9.17, 15) is 9.59 Å². The zero-order valence-corrected chi connectivity index (χ0v) is 20.7. The predicted octanol–water partition coefficient (Wildman–Crippen LogP) is 3.82. The van der Waals surface area contributed by atoms with Crippen molar-refractivity contribution in [2.24, 2.45) is 5.92 Å². The molecule has 8 nitrogen and oxygen atoms in total. The first-order valence-corrected chi connectivity index (χ1v) is 12.1. The van der Waals surface area contributed by atoms with Gasteiger partial charge in [-0.25, -0.2) is 0 Å². The molecule has 3 aliphatic rings. The van der Waals surface area contributed by atoms with E-state index in [0.717, 1.165) is 31.2 Å². The van der Waals surface area contributed by atoms with Crippen molar-refractivity contribution in [3.8, 4) is 17.2 Å². The smallest absolute Gasteiger partial charge is 0.290 e. The summed E-state index contributed by atoms with van der Waals surface area (Å²) in [5.41, 5.74) is 1.18. The fourth-order valence-electron chi connectivity index (χ4n) is 5.28. The van der Waals surface area contributed by atoms with Crippen LogP contribution in [0.3, 0.4) is 0 Å². The third-order valence-electron chi connectivity index (χ3n) is 6.86. The number of hydrogen-bond donors (Lipinski definition) is 0. The Morgan fingerprint density at radius 2 is 1.71 bits per heavy atom. The summed E-state index contributed by atoms with van der Waals surface area (Å²) in [5.74, 6) is 1.20. The second kappa shape index (κ2) is 10.3. The number of carbonyl (C=O) groups excluding carboxylic acids is 2. The molecule has 3 unspecified atom stereocenters. The van der Waals surface area contributed by atoms with Crippen LogP contribution in [0.5, 0.6) is 17.2 Å². The van der Waals surface area contributed by atoms with Gasteiger partial charge in [0.2, 0.25) is 5.75 Å². The van der Waals surface area contributed by atoms with Crippen LogP contribution in [0.4, 0.5) is 0 Å². The minimum atomic E-state index is -0.578. The van der Waals surface area contributed by atoms with E-state index >= 15 is 0 Å². The molecule has 2 heterocycles. The summed E-state index contributed by atoms with van der Waals surface area (Å²) in [4.78, 5) is 29.0. The number of ether oxygens (including phenoxy) is 5. The van der Waals surface area contributed by atoms with Crippen LogP contribution >= 0.6 is 0 Å². The monoisotopic (exact) mass is 473 g/mol. The molecule has 1 aromatic rings. The number of methoxy groups -OCH3 is 3. The van der Waals surface area contributed by atoms with E-state index in [2.05, 4.69) is 0 Å². The molecule has 0 aromatic heterocycles. The molecular formula is C26H35NO7. The van der Waals surface area contributed by atoms with Crippen molar-refractivity contribution in [2.45, 2.75) is 64.2 Å². The van der Waals surface area contributed by atoms with Gasteiger partial charge in [-0.05, 0) is 57.2 Å². The van der Waals surface area contributed by atoms with Gasteiger partial charge in [0, 0.05) is 13.2 Å². The maximum atomic E-state index is 13.7. The molecule has 3 atom stereocenters. The number of benzene rings is 1. The minimum absolute atomic E-state index is 0.0268. The molecule has 8 heteroatoms. The van der Waals surface area contributed by atoms with E-state index in [1.54, 1.807) is 26.2 Å². The van der Waals surface area contributed by atoms with Gasteiger partial charge in [-0.3, -0.25) is 9.59 Å². The molecule has 4 rings (SSSR count). The first-order chi connectivity index (χ1) is 16.4. The number of nitrogens with zero attached hydrogens (tertiary/aromatic N) is 1. The third-order valence-corrected chi connectivity index (χ3v) is 6.86. The van der Waals surface area contributed by atoms with Crippen molar-refractivity contribution in [1.29, 1.82) is 0 Å².